The molecule has 0 N–H and O–H groups in total. The van der Waals surface area contributed by atoms with Gasteiger partial charge in [0.25, 0.3) is 5.56 Å². The maximum Gasteiger partial charge on any atom is 0.278 e. The zero-order valence-corrected chi connectivity index (χ0v) is 19.1. The van der Waals surface area contributed by atoms with Gasteiger partial charge in [-0.3, -0.25) is 13.9 Å². The molecule has 0 aliphatic heterocycles. The number of para-hydroxylation sites is 1. The van der Waals surface area contributed by atoms with Crippen LogP contribution in [0.15, 0.2) is 52.4 Å². The molecule has 5 nitrogen and oxygen atoms in total. The fourth-order valence-corrected chi connectivity index (χ4v) is 5.21. The van der Waals surface area contributed by atoms with Gasteiger partial charge in [0.2, 0.25) is 0 Å². The summed E-state index contributed by atoms with van der Waals surface area (Å²) in [7, 11) is 0. The van der Waals surface area contributed by atoms with Crippen molar-refractivity contribution in [1.29, 1.82) is 5.26 Å². The molecular weight excluding hydrogens is 432 g/mol. The number of aromatic nitrogens is 3. The largest absolute Gasteiger partial charge is 0.278 e. The van der Waals surface area contributed by atoms with E-state index in [1.54, 1.807) is 4.57 Å². The average Bonchev–Trinajstić information content (AvgIpc) is 3.06. The van der Waals surface area contributed by atoms with Crippen molar-refractivity contribution in [3.63, 3.8) is 0 Å². The molecule has 8 heteroatoms. The van der Waals surface area contributed by atoms with Crippen LogP contribution in [-0.4, -0.2) is 19.9 Å². The first-order chi connectivity index (χ1) is 14.4. The van der Waals surface area contributed by atoms with Gasteiger partial charge in [-0.2, -0.15) is 5.26 Å². The van der Waals surface area contributed by atoms with E-state index in [0.717, 1.165) is 22.5 Å². The minimum atomic E-state index is -0.173. The molecule has 150 valence electrons. The molecule has 0 atom stereocenters. The third-order valence-corrected chi connectivity index (χ3v) is 7.10. The van der Waals surface area contributed by atoms with Crippen molar-refractivity contribution < 1.29 is 0 Å². The van der Waals surface area contributed by atoms with Crippen LogP contribution >= 0.6 is 35.3 Å². The number of thiazole rings is 1. The van der Waals surface area contributed by atoms with Gasteiger partial charge in [-0.25, -0.2) is 4.98 Å². The quantitative estimate of drug-likeness (QED) is 0.233. The highest BCUT2D eigenvalue weighted by Crippen LogP contribution is 2.28. The van der Waals surface area contributed by atoms with Crippen molar-refractivity contribution in [3.8, 4) is 17.4 Å². The van der Waals surface area contributed by atoms with Crippen molar-refractivity contribution in [2.24, 2.45) is 0 Å². The molecule has 0 fully saturated rings. The molecule has 2 aromatic carbocycles. The van der Waals surface area contributed by atoms with E-state index in [2.05, 4.69) is 13.0 Å². The number of fused-ring (bicyclic) bond motifs is 1. The number of aryl methyl sites for hydroxylation is 3. The Hall–Kier alpha value is -2.73. The number of benzene rings is 2. The molecule has 4 aromatic rings. The second kappa shape index (κ2) is 8.19. The Morgan fingerprint density at radius 3 is 2.57 bits per heavy atom. The van der Waals surface area contributed by atoms with Crippen LogP contribution in [0.5, 0.6) is 0 Å². The molecule has 0 radical (unpaired) electrons. The highest BCUT2D eigenvalue weighted by Gasteiger charge is 2.19. The van der Waals surface area contributed by atoms with E-state index in [1.165, 1.54) is 28.7 Å². The summed E-state index contributed by atoms with van der Waals surface area (Å²) >= 11 is 8.13. The number of hydrogen-bond donors (Lipinski definition) is 0. The Kier molecular flexibility index (Phi) is 5.60. The van der Waals surface area contributed by atoms with Crippen LogP contribution in [0.25, 0.3) is 21.7 Å². The van der Waals surface area contributed by atoms with E-state index >= 15 is 0 Å². The lowest BCUT2D eigenvalue weighted by Gasteiger charge is -2.14. The van der Waals surface area contributed by atoms with Crippen molar-refractivity contribution >= 4 is 45.7 Å². The number of nitriles is 1. The van der Waals surface area contributed by atoms with Gasteiger partial charge >= 0.3 is 0 Å². The lowest BCUT2D eigenvalue weighted by Crippen LogP contribution is -2.22. The molecule has 0 spiro atoms. The number of hydrogen-bond acceptors (Lipinski definition) is 6. The van der Waals surface area contributed by atoms with Crippen molar-refractivity contribution in [2.75, 3.05) is 5.75 Å². The van der Waals surface area contributed by atoms with E-state index in [1.807, 2.05) is 60.9 Å². The van der Waals surface area contributed by atoms with E-state index in [4.69, 9.17) is 22.5 Å². The average molecular weight is 451 g/mol. The molecule has 0 saturated heterocycles. The van der Waals surface area contributed by atoms with Gasteiger partial charge in [0.05, 0.1) is 17.5 Å². The van der Waals surface area contributed by atoms with Crippen molar-refractivity contribution in [1.82, 2.24) is 14.1 Å². The first kappa shape index (κ1) is 20.5. The second-order valence-corrected chi connectivity index (χ2v) is 9.48. The summed E-state index contributed by atoms with van der Waals surface area (Å²) in [6.45, 7) is 6.05. The minimum absolute atomic E-state index is 0.173. The predicted octanol–water partition coefficient (Wildman–Crippen LogP) is 5.51. The second-order valence-electron chi connectivity index (χ2n) is 6.89. The van der Waals surface area contributed by atoms with Crippen LogP contribution in [0.1, 0.15) is 16.7 Å². The number of nitrogens with zero attached hydrogens (tertiary/aromatic N) is 4. The summed E-state index contributed by atoms with van der Waals surface area (Å²) in [5.74, 6) is 0.193. The molecule has 2 aromatic heterocycles. The first-order valence-electron chi connectivity index (χ1n) is 9.24. The lowest BCUT2D eigenvalue weighted by molar-refractivity contribution is 0.808. The van der Waals surface area contributed by atoms with E-state index in [0.29, 0.717) is 19.5 Å². The van der Waals surface area contributed by atoms with E-state index in [-0.39, 0.29) is 11.3 Å². The van der Waals surface area contributed by atoms with Gasteiger partial charge in [0, 0.05) is 5.69 Å². The summed E-state index contributed by atoms with van der Waals surface area (Å²) in [6, 6.07) is 15.9. The summed E-state index contributed by atoms with van der Waals surface area (Å²) in [5.41, 5.74) is 5.28. The maximum atomic E-state index is 13.6. The van der Waals surface area contributed by atoms with Crippen molar-refractivity contribution in [3.05, 3.63) is 73.5 Å². The first-order valence-corrected chi connectivity index (χ1v) is 11.5. The Morgan fingerprint density at radius 1 is 1.10 bits per heavy atom. The van der Waals surface area contributed by atoms with Gasteiger partial charge in [0.15, 0.2) is 14.8 Å². The summed E-state index contributed by atoms with van der Waals surface area (Å²) in [6.07, 6.45) is 0. The topological polar surface area (TPSA) is 63.6 Å². The Balaban J connectivity index is 2.07. The molecule has 0 unspecified atom stereocenters. The van der Waals surface area contributed by atoms with Crippen LogP contribution in [-0.2, 0) is 0 Å². The van der Waals surface area contributed by atoms with Gasteiger partial charge in [-0.05, 0) is 67.9 Å². The minimum Gasteiger partial charge on any atom is -0.275 e. The van der Waals surface area contributed by atoms with Crippen LogP contribution in [0.4, 0.5) is 0 Å². The Bertz CT molecular complexity index is 1440. The third-order valence-electron chi connectivity index (χ3n) is 4.95. The van der Waals surface area contributed by atoms with Gasteiger partial charge < -0.3 is 0 Å². The highest BCUT2D eigenvalue weighted by atomic mass is 32.2. The van der Waals surface area contributed by atoms with E-state index in [9.17, 15) is 4.79 Å². The Morgan fingerprint density at radius 2 is 1.87 bits per heavy atom. The molecule has 0 aliphatic rings. The molecule has 4 rings (SSSR count). The molecule has 2 heterocycles. The number of thioether (sulfide) groups is 1. The predicted molar refractivity (Wildman–Crippen MR) is 126 cm³/mol. The van der Waals surface area contributed by atoms with Crippen LogP contribution in [0, 0.1) is 36.1 Å². The molecule has 0 aliphatic carbocycles. The number of rotatable bonds is 4. The summed E-state index contributed by atoms with van der Waals surface area (Å²) in [4.78, 5) is 18.4. The van der Waals surface area contributed by atoms with Crippen LogP contribution < -0.4 is 5.56 Å². The highest BCUT2D eigenvalue weighted by molar-refractivity contribution is 7.99. The fourth-order valence-electron chi connectivity index (χ4n) is 3.25. The van der Waals surface area contributed by atoms with Gasteiger partial charge in [-0.1, -0.05) is 47.4 Å². The monoisotopic (exact) mass is 450 g/mol. The van der Waals surface area contributed by atoms with E-state index < -0.39 is 0 Å². The molecule has 30 heavy (non-hydrogen) atoms. The van der Waals surface area contributed by atoms with Crippen LogP contribution in [0.3, 0.4) is 0 Å². The van der Waals surface area contributed by atoms with Gasteiger partial charge in [-0.15, -0.1) is 0 Å². The summed E-state index contributed by atoms with van der Waals surface area (Å²) in [5, 5.41) is 9.59. The zero-order valence-electron chi connectivity index (χ0n) is 16.7. The molecular formula is C22H18N4OS3. The standard InChI is InChI=1S/C22H18N4OS3/c1-13-8-9-16(12-15(13)3)25-19-18(30-22(25)28)20(27)26(21(24-19)29-11-10-23)17-7-5-4-6-14(17)2/h4-9,12H,11H2,1-3H3. The summed E-state index contributed by atoms with van der Waals surface area (Å²) < 4.78 is 4.51. The fraction of sp³-hybridized carbons (Fsp3) is 0.182. The van der Waals surface area contributed by atoms with Crippen LogP contribution in [0.2, 0.25) is 0 Å². The molecule has 0 saturated carbocycles. The normalized spacial score (nSPS) is 11.0. The third kappa shape index (κ3) is 3.49. The molecule has 0 amide bonds. The maximum absolute atomic E-state index is 13.6. The molecule has 0 bridgehead atoms. The smallest absolute Gasteiger partial charge is 0.275 e. The Labute approximate surface area is 187 Å². The van der Waals surface area contributed by atoms with Crippen molar-refractivity contribution in [2.45, 2.75) is 25.9 Å². The SMILES string of the molecule is Cc1ccc(-n2c(=S)sc3c(=O)n(-c4ccccc4C)c(SCC#N)nc32)cc1C. The zero-order chi connectivity index (χ0) is 21.4. The lowest BCUT2D eigenvalue weighted by atomic mass is 10.1. The van der Waals surface area contributed by atoms with Gasteiger partial charge in [0.1, 0.15) is 4.70 Å².